The summed E-state index contributed by atoms with van der Waals surface area (Å²) in [5.74, 6) is 0.737. The Kier molecular flexibility index (Phi) is 4.31. The monoisotopic (exact) mass is 399 g/mol. The van der Waals surface area contributed by atoms with Crippen LogP contribution < -0.4 is 0 Å². The number of carbonyl (C=O) groups excluding carboxylic acids is 1. The Balaban J connectivity index is 1.61. The number of imidazole rings is 1. The van der Waals surface area contributed by atoms with Gasteiger partial charge in [0.15, 0.2) is 0 Å². The van der Waals surface area contributed by atoms with Crippen LogP contribution in [0.3, 0.4) is 0 Å². The van der Waals surface area contributed by atoms with Gasteiger partial charge in [0.2, 0.25) is 5.91 Å². The molecule has 1 aliphatic heterocycles. The molecule has 128 valence electrons. The molecule has 4 rings (SSSR count). The van der Waals surface area contributed by atoms with E-state index < -0.39 is 6.10 Å². The molecule has 2 N–H and O–H groups in total. The van der Waals surface area contributed by atoms with E-state index in [4.69, 9.17) is 0 Å². The molecule has 0 radical (unpaired) electrons. The van der Waals surface area contributed by atoms with Crippen molar-refractivity contribution in [1.82, 2.24) is 14.9 Å². The lowest BCUT2D eigenvalue weighted by molar-refractivity contribution is -0.131. The molecule has 2 aromatic carbocycles. The fourth-order valence-corrected chi connectivity index (χ4v) is 3.74. The Hall–Kier alpha value is -2.18. The second-order valence-electron chi connectivity index (χ2n) is 6.40. The molecule has 0 aliphatic carbocycles. The third kappa shape index (κ3) is 3.32. The first-order chi connectivity index (χ1) is 12.1. The van der Waals surface area contributed by atoms with Gasteiger partial charge in [-0.15, -0.1) is 0 Å². The maximum Gasteiger partial charge on any atom is 0.227 e. The largest absolute Gasteiger partial charge is 0.391 e. The highest BCUT2D eigenvalue weighted by Crippen LogP contribution is 2.32. The molecule has 2 heterocycles. The predicted octanol–water partition coefficient (Wildman–Crippen LogP) is 3.20. The molecule has 5 nitrogen and oxygen atoms in total. The van der Waals surface area contributed by atoms with E-state index in [1.807, 2.05) is 48.5 Å². The third-order valence-corrected chi connectivity index (χ3v) is 5.07. The number of nitrogens with zero attached hydrogens (tertiary/aromatic N) is 2. The van der Waals surface area contributed by atoms with Crippen molar-refractivity contribution in [2.24, 2.45) is 0 Å². The molecular weight excluding hydrogens is 382 g/mol. The zero-order valence-corrected chi connectivity index (χ0v) is 15.1. The van der Waals surface area contributed by atoms with Gasteiger partial charge in [-0.2, -0.15) is 0 Å². The molecule has 1 saturated heterocycles. The summed E-state index contributed by atoms with van der Waals surface area (Å²) >= 11 is 3.45. The zero-order valence-electron chi connectivity index (χ0n) is 13.5. The van der Waals surface area contributed by atoms with Crippen LogP contribution in [0.4, 0.5) is 0 Å². The van der Waals surface area contributed by atoms with Crippen LogP contribution in [-0.2, 0) is 11.2 Å². The van der Waals surface area contributed by atoms with Crippen molar-refractivity contribution in [1.29, 1.82) is 0 Å². The molecule has 2 atom stereocenters. The van der Waals surface area contributed by atoms with Crippen LogP contribution in [0.2, 0.25) is 0 Å². The van der Waals surface area contributed by atoms with Gasteiger partial charge in [-0.3, -0.25) is 4.79 Å². The Morgan fingerprint density at radius 3 is 2.88 bits per heavy atom. The van der Waals surface area contributed by atoms with Crippen molar-refractivity contribution in [3.05, 3.63) is 64.4 Å². The van der Waals surface area contributed by atoms with E-state index in [9.17, 15) is 9.90 Å². The number of carbonyl (C=O) groups is 1. The lowest BCUT2D eigenvalue weighted by atomic mass is 10.1. The summed E-state index contributed by atoms with van der Waals surface area (Å²) in [5, 5.41) is 10.1. The minimum atomic E-state index is -0.523. The lowest BCUT2D eigenvalue weighted by Gasteiger charge is -2.23. The van der Waals surface area contributed by atoms with Crippen molar-refractivity contribution in [2.45, 2.75) is 25.0 Å². The molecule has 0 unspecified atom stereocenters. The Morgan fingerprint density at radius 1 is 1.28 bits per heavy atom. The SMILES string of the molecule is O=C(Cc1ccccc1)N1C[C@H](O)C[C@H]1c1nc2ccc(Br)cc2[nH]1. The van der Waals surface area contributed by atoms with Crippen molar-refractivity contribution >= 4 is 32.9 Å². The average molecular weight is 400 g/mol. The minimum Gasteiger partial charge on any atom is -0.391 e. The number of rotatable bonds is 3. The molecule has 1 fully saturated rings. The number of β-amino-alcohol motifs (C(OH)–C–C–N with tert-alkyl or cyclic N) is 1. The van der Waals surface area contributed by atoms with E-state index in [1.165, 1.54) is 0 Å². The number of amides is 1. The average Bonchev–Trinajstić information content (AvgIpc) is 3.18. The first-order valence-electron chi connectivity index (χ1n) is 8.27. The number of aromatic amines is 1. The molecule has 0 bridgehead atoms. The number of likely N-dealkylation sites (tertiary alicyclic amines) is 1. The molecule has 25 heavy (non-hydrogen) atoms. The summed E-state index contributed by atoms with van der Waals surface area (Å²) in [6, 6.07) is 15.3. The number of fused-ring (bicyclic) bond motifs is 1. The fourth-order valence-electron chi connectivity index (χ4n) is 3.38. The van der Waals surface area contributed by atoms with Gasteiger partial charge < -0.3 is 15.0 Å². The van der Waals surface area contributed by atoms with E-state index in [-0.39, 0.29) is 11.9 Å². The summed E-state index contributed by atoms with van der Waals surface area (Å²) < 4.78 is 0.971. The maximum atomic E-state index is 12.8. The highest BCUT2D eigenvalue weighted by Gasteiger charge is 2.36. The van der Waals surface area contributed by atoms with Gasteiger partial charge in [-0.1, -0.05) is 46.3 Å². The summed E-state index contributed by atoms with van der Waals surface area (Å²) in [4.78, 5) is 22.4. The van der Waals surface area contributed by atoms with Crippen molar-refractivity contribution in [3.63, 3.8) is 0 Å². The molecule has 0 saturated carbocycles. The Labute approximate surface area is 153 Å². The quantitative estimate of drug-likeness (QED) is 0.710. The standard InChI is InChI=1S/C19H18BrN3O2/c20-13-6-7-15-16(9-13)22-19(21-15)17-10-14(24)11-23(17)18(25)8-12-4-2-1-3-5-12/h1-7,9,14,17,24H,8,10-11H2,(H,21,22)/t14-,17+/m1/s1. The van der Waals surface area contributed by atoms with Crippen LogP contribution in [0.1, 0.15) is 23.9 Å². The Morgan fingerprint density at radius 2 is 2.08 bits per heavy atom. The number of aromatic nitrogens is 2. The number of aliphatic hydroxyl groups is 1. The van der Waals surface area contributed by atoms with Gasteiger partial charge in [0.1, 0.15) is 5.82 Å². The van der Waals surface area contributed by atoms with Crippen LogP contribution in [0.25, 0.3) is 11.0 Å². The first kappa shape index (κ1) is 16.3. The van der Waals surface area contributed by atoms with Gasteiger partial charge >= 0.3 is 0 Å². The summed E-state index contributed by atoms with van der Waals surface area (Å²) in [7, 11) is 0. The number of halogens is 1. The molecule has 1 amide bonds. The van der Waals surface area contributed by atoms with Crippen LogP contribution in [-0.4, -0.2) is 38.5 Å². The number of benzene rings is 2. The summed E-state index contributed by atoms with van der Waals surface area (Å²) in [6.45, 7) is 0.344. The van der Waals surface area contributed by atoms with Crippen molar-refractivity contribution < 1.29 is 9.90 Å². The molecule has 1 aromatic heterocycles. The highest BCUT2D eigenvalue weighted by molar-refractivity contribution is 9.10. The van der Waals surface area contributed by atoms with Crippen LogP contribution in [0, 0.1) is 0 Å². The first-order valence-corrected chi connectivity index (χ1v) is 9.06. The van der Waals surface area contributed by atoms with Crippen LogP contribution >= 0.6 is 15.9 Å². The number of aliphatic hydroxyl groups excluding tert-OH is 1. The number of nitrogens with one attached hydrogen (secondary N) is 1. The molecule has 0 spiro atoms. The van der Waals surface area contributed by atoms with Crippen molar-refractivity contribution in [2.75, 3.05) is 6.54 Å². The van der Waals surface area contributed by atoms with E-state index in [1.54, 1.807) is 4.90 Å². The fraction of sp³-hybridized carbons (Fsp3) is 0.263. The van der Waals surface area contributed by atoms with Gasteiger partial charge in [0.05, 0.1) is 29.6 Å². The number of H-pyrrole nitrogens is 1. The molecule has 3 aromatic rings. The van der Waals surface area contributed by atoms with Gasteiger partial charge in [-0.05, 0) is 23.8 Å². The minimum absolute atomic E-state index is 0.00869. The summed E-state index contributed by atoms with van der Waals surface area (Å²) in [5.41, 5.74) is 2.75. The van der Waals surface area contributed by atoms with Crippen molar-refractivity contribution in [3.8, 4) is 0 Å². The second kappa shape index (κ2) is 6.61. The number of hydrogen-bond donors (Lipinski definition) is 2. The van der Waals surface area contributed by atoms with E-state index >= 15 is 0 Å². The molecule has 6 heteroatoms. The highest BCUT2D eigenvalue weighted by atomic mass is 79.9. The van der Waals surface area contributed by atoms with Crippen LogP contribution in [0.15, 0.2) is 53.0 Å². The lowest BCUT2D eigenvalue weighted by Crippen LogP contribution is -2.33. The van der Waals surface area contributed by atoms with Gasteiger partial charge in [-0.25, -0.2) is 4.98 Å². The van der Waals surface area contributed by atoms with Gasteiger partial charge in [0.25, 0.3) is 0 Å². The molecule has 1 aliphatic rings. The van der Waals surface area contributed by atoms with Crippen LogP contribution in [0.5, 0.6) is 0 Å². The van der Waals surface area contributed by atoms with E-state index in [0.717, 1.165) is 26.9 Å². The summed E-state index contributed by atoms with van der Waals surface area (Å²) in [6.07, 6.45) is 0.307. The van der Waals surface area contributed by atoms with Gasteiger partial charge in [0, 0.05) is 17.4 Å². The smallest absolute Gasteiger partial charge is 0.227 e. The van der Waals surface area contributed by atoms with E-state index in [2.05, 4.69) is 25.9 Å². The second-order valence-corrected chi connectivity index (χ2v) is 7.31. The zero-order chi connectivity index (χ0) is 17.4. The number of hydrogen-bond acceptors (Lipinski definition) is 3. The van der Waals surface area contributed by atoms with E-state index in [0.29, 0.717) is 19.4 Å². The topological polar surface area (TPSA) is 69.2 Å². The predicted molar refractivity (Wildman–Crippen MR) is 99.0 cm³/mol. The molecular formula is C19H18BrN3O2. The maximum absolute atomic E-state index is 12.8. The Bertz CT molecular complexity index is 909. The third-order valence-electron chi connectivity index (χ3n) is 4.58. The normalized spacial score (nSPS) is 20.3.